The first-order valence-corrected chi connectivity index (χ1v) is 14.8. The number of nitriles is 1. The quantitative estimate of drug-likeness (QED) is 0.401. The second kappa shape index (κ2) is 12.4. The Kier molecular flexibility index (Phi) is 8.38. The molecule has 3 aliphatic heterocycles. The SMILES string of the molecule is CCc1nc(Nc2ncc(C)c(-c3ccc(OC4CCNCC4(F)F)c(C#N)c3)n2)ccc1N1CCN(C2COC2)CC1. The first-order valence-electron chi connectivity index (χ1n) is 14.8. The molecule has 3 aliphatic rings. The second-order valence-electron chi connectivity index (χ2n) is 11.2. The van der Waals surface area contributed by atoms with Crippen LogP contribution in [-0.2, 0) is 11.2 Å². The molecule has 0 radical (unpaired) electrons. The van der Waals surface area contributed by atoms with Crippen LogP contribution in [0.15, 0.2) is 36.5 Å². The van der Waals surface area contributed by atoms with Crippen molar-refractivity contribution in [1.29, 1.82) is 5.26 Å². The summed E-state index contributed by atoms with van der Waals surface area (Å²) < 4.78 is 39.6. The standard InChI is InChI=1S/C31H36F2N8O2/c1-3-24-25(41-12-10-40(11-13-41)23-17-42-18-23)5-7-28(37-24)38-30-36-16-20(2)29(39-30)21-4-6-26(22(14-21)15-34)43-27-8-9-35-19-31(27,32)33/h4-7,14,16,23,27,35H,3,8-13,17-19H2,1-2H3,(H,36,37,38,39). The van der Waals surface area contributed by atoms with E-state index >= 15 is 0 Å². The minimum absolute atomic E-state index is 0.137. The highest BCUT2D eigenvalue weighted by atomic mass is 19.3. The van der Waals surface area contributed by atoms with Crippen molar-refractivity contribution in [3.63, 3.8) is 0 Å². The van der Waals surface area contributed by atoms with E-state index in [-0.39, 0.29) is 17.7 Å². The number of rotatable bonds is 8. The number of ether oxygens (including phenoxy) is 2. The molecule has 3 aromatic rings. The molecule has 5 heterocycles. The van der Waals surface area contributed by atoms with Crippen molar-refractivity contribution in [3.05, 3.63) is 53.3 Å². The minimum atomic E-state index is -3.02. The molecule has 12 heteroatoms. The van der Waals surface area contributed by atoms with Gasteiger partial charge in [0, 0.05) is 44.4 Å². The predicted molar refractivity (Wildman–Crippen MR) is 159 cm³/mol. The number of aromatic nitrogens is 3. The molecule has 0 aliphatic carbocycles. The highest BCUT2D eigenvalue weighted by molar-refractivity contribution is 5.68. The van der Waals surface area contributed by atoms with Crippen molar-refractivity contribution in [2.24, 2.45) is 0 Å². The van der Waals surface area contributed by atoms with Crippen LogP contribution in [0, 0.1) is 18.3 Å². The third kappa shape index (κ3) is 6.25. The molecule has 10 nitrogen and oxygen atoms in total. The van der Waals surface area contributed by atoms with Crippen LogP contribution in [-0.4, -0.2) is 90.4 Å². The first-order chi connectivity index (χ1) is 20.8. The lowest BCUT2D eigenvalue weighted by Gasteiger charge is -2.43. The maximum atomic E-state index is 14.3. The number of anilines is 3. The predicted octanol–water partition coefficient (Wildman–Crippen LogP) is 3.92. The molecule has 43 heavy (non-hydrogen) atoms. The smallest absolute Gasteiger partial charge is 0.296 e. The summed E-state index contributed by atoms with van der Waals surface area (Å²) in [5, 5.41) is 15.7. The van der Waals surface area contributed by atoms with E-state index in [2.05, 4.69) is 44.5 Å². The lowest BCUT2D eigenvalue weighted by molar-refractivity contribution is -0.109. The summed E-state index contributed by atoms with van der Waals surface area (Å²) in [6, 6.07) is 11.6. The molecule has 0 bridgehead atoms. The molecule has 2 aromatic heterocycles. The molecule has 0 amide bonds. The van der Waals surface area contributed by atoms with Gasteiger partial charge in [0.1, 0.15) is 17.6 Å². The van der Waals surface area contributed by atoms with E-state index < -0.39 is 18.6 Å². The average molecular weight is 591 g/mol. The Balaban J connectivity index is 1.17. The number of piperazine rings is 1. The number of hydrogen-bond donors (Lipinski definition) is 2. The van der Waals surface area contributed by atoms with E-state index in [1.54, 1.807) is 24.4 Å². The first kappa shape index (κ1) is 29.2. The summed E-state index contributed by atoms with van der Waals surface area (Å²) in [5.41, 5.74) is 4.41. The fraction of sp³-hybridized carbons (Fsp3) is 0.484. The normalized spacial score (nSPS) is 20.7. The maximum absolute atomic E-state index is 14.3. The van der Waals surface area contributed by atoms with E-state index in [0.29, 0.717) is 35.6 Å². The zero-order valence-electron chi connectivity index (χ0n) is 24.4. The Hall–Kier alpha value is -3.92. The van der Waals surface area contributed by atoms with E-state index in [4.69, 9.17) is 19.4 Å². The van der Waals surface area contributed by atoms with Crippen LogP contribution in [0.1, 0.15) is 30.2 Å². The van der Waals surface area contributed by atoms with Crippen LogP contribution < -0.4 is 20.3 Å². The van der Waals surface area contributed by atoms with E-state index in [1.807, 2.05) is 13.0 Å². The van der Waals surface area contributed by atoms with Gasteiger partial charge in [-0.15, -0.1) is 0 Å². The molecule has 226 valence electrons. The van der Waals surface area contributed by atoms with Crippen molar-refractivity contribution < 1.29 is 18.3 Å². The van der Waals surface area contributed by atoms with E-state index in [1.165, 1.54) is 0 Å². The van der Waals surface area contributed by atoms with Crippen molar-refractivity contribution in [2.75, 3.05) is 62.7 Å². The number of pyridine rings is 1. The zero-order chi connectivity index (χ0) is 30.0. The van der Waals surface area contributed by atoms with E-state index in [9.17, 15) is 14.0 Å². The van der Waals surface area contributed by atoms with Gasteiger partial charge in [0.05, 0.1) is 48.4 Å². The van der Waals surface area contributed by atoms with Gasteiger partial charge < -0.3 is 25.0 Å². The van der Waals surface area contributed by atoms with Gasteiger partial charge in [0.25, 0.3) is 5.92 Å². The zero-order valence-corrected chi connectivity index (χ0v) is 24.4. The minimum Gasteiger partial charge on any atom is -0.483 e. The van der Waals surface area contributed by atoms with Crippen LogP contribution in [0.3, 0.4) is 0 Å². The molecule has 3 fully saturated rings. The summed E-state index contributed by atoms with van der Waals surface area (Å²) >= 11 is 0. The van der Waals surface area contributed by atoms with Gasteiger partial charge >= 0.3 is 0 Å². The third-order valence-electron chi connectivity index (χ3n) is 8.35. The van der Waals surface area contributed by atoms with Crippen LogP contribution in [0.2, 0.25) is 0 Å². The molecule has 0 saturated carbocycles. The number of halogens is 2. The average Bonchev–Trinajstić information content (AvgIpc) is 2.99. The Bertz CT molecular complexity index is 1500. The monoisotopic (exact) mass is 590 g/mol. The van der Waals surface area contributed by atoms with Crippen LogP contribution in [0.25, 0.3) is 11.3 Å². The molecule has 1 atom stereocenters. The summed E-state index contributed by atoms with van der Waals surface area (Å²) in [4.78, 5) is 19.0. The number of benzene rings is 1. The lowest BCUT2D eigenvalue weighted by atomic mass is 10.0. The largest absolute Gasteiger partial charge is 0.483 e. The third-order valence-corrected chi connectivity index (χ3v) is 8.35. The van der Waals surface area contributed by atoms with Gasteiger partial charge in [-0.2, -0.15) is 5.26 Å². The molecule has 6 rings (SSSR count). The highest BCUT2D eigenvalue weighted by Crippen LogP contribution is 2.33. The van der Waals surface area contributed by atoms with Crippen LogP contribution in [0.4, 0.5) is 26.2 Å². The number of hydrogen-bond acceptors (Lipinski definition) is 10. The molecule has 0 spiro atoms. The van der Waals surface area contributed by atoms with Gasteiger partial charge in [-0.1, -0.05) is 6.92 Å². The van der Waals surface area contributed by atoms with Gasteiger partial charge in [-0.3, -0.25) is 4.90 Å². The fourth-order valence-corrected chi connectivity index (χ4v) is 5.76. The van der Waals surface area contributed by atoms with Crippen molar-refractivity contribution >= 4 is 17.5 Å². The van der Waals surface area contributed by atoms with E-state index in [0.717, 1.165) is 62.8 Å². The summed E-state index contributed by atoms with van der Waals surface area (Å²) in [6.45, 7) is 9.59. The number of aryl methyl sites for hydroxylation is 2. The lowest BCUT2D eigenvalue weighted by Crippen LogP contribution is -2.56. The molecular weight excluding hydrogens is 554 g/mol. The molecule has 1 unspecified atom stereocenters. The highest BCUT2D eigenvalue weighted by Gasteiger charge is 2.43. The van der Waals surface area contributed by atoms with Gasteiger partial charge in [0.15, 0.2) is 6.10 Å². The van der Waals surface area contributed by atoms with Crippen molar-refractivity contribution in [2.45, 2.75) is 44.8 Å². The van der Waals surface area contributed by atoms with Crippen molar-refractivity contribution in [1.82, 2.24) is 25.2 Å². The Morgan fingerprint density at radius 1 is 1.16 bits per heavy atom. The molecule has 1 aromatic carbocycles. The van der Waals surface area contributed by atoms with Crippen LogP contribution in [0.5, 0.6) is 5.75 Å². The molecule has 3 saturated heterocycles. The van der Waals surface area contributed by atoms with Gasteiger partial charge in [-0.25, -0.2) is 23.7 Å². The topological polar surface area (TPSA) is 111 Å². The Labute approximate surface area is 250 Å². The van der Waals surface area contributed by atoms with Gasteiger partial charge in [0.2, 0.25) is 5.95 Å². The fourth-order valence-electron chi connectivity index (χ4n) is 5.76. The maximum Gasteiger partial charge on any atom is 0.296 e. The summed E-state index contributed by atoms with van der Waals surface area (Å²) in [5.74, 6) is -1.87. The summed E-state index contributed by atoms with van der Waals surface area (Å²) in [7, 11) is 0. The van der Waals surface area contributed by atoms with Crippen LogP contribution >= 0.6 is 0 Å². The second-order valence-corrected chi connectivity index (χ2v) is 11.2. The van der Waals surface area contributed by atoms with Crippen molar-refractivity contribution in [3.8, 4) is 23.1 Å². The summed E-state index contributed by atoms with van der Waals surface area (Å²) in [6.07, 6.45) is 1.36. The number of piperidine rings is 1. The number of nitrogens with one attached hydrogen (secondary N) is 2. The molecular formula is C31H36F2N8O2. The van der Waals surface area contributed by atoms with Gasteiger partial charge in [-0.05, 0) is 55.8 Å². The molecule has 2 N–H and O–H groups in total. The number of alkyl halides is 2. The Morgan fingerprint density at radius 3 is 2.67 bits per heavy atom. The number of nitrogens with zero attached hydrogens (tertiary/aromatic N) is 6. The Morgan fingerprint density at radius 2 is 1.98 bits per heavy atom.